The number of aromatic nitrogens is 4. The van der Waals surface area contributed by atoms with Gasteiger partial charge in [0.1, 0.15) is 5.82 Å². The summed E-state index contributed by atoms with van der Waals surface area (Å²) in [5.74, 6) is 1.54. The fourth-order valence-corrected chi connectivity index (χ4v) is 2.36. The van der Waals surface area contributed by atoms with Crippen LogP contribution in [0.3, 0.4) is 0 Å². The molecule has 2 aromatic rings. The van der Waals surface area contributed by atoms with Crippen LogP contribution >= 0.6 is 0 Å². The molecule has 0 spiro atoms. The average molecular weight is 289 g/mol. The molecule has 5 heteroatoms. The minimum atomic E-state index is 0.428. The van der Waals surface area contributed by atoms with Gasteiger partial charge in [-0.25, -0.2) is 0 Å². The maximum Gasteiger partial charge on any atom is 0.148 e. The molecule has 1 atom stereocenters. The van der Waals surface area contributed by atoms with Crippen molar-refractivity contribution in [1.29, 1.82) is 0 Å². The van der Waals surface area contributed by atoms with Crippen LogP contribution in [0.25, 0.3) is 0 Å². The number of anilines is 1. The van der Waals surface area contributed by atoms with E-state index >= 15 is 0 Å². The molecule has 0 saturated carbocycles. The lowest BCUT2D eigenvalue weighted by atomic mass is 10.2. The lowest BCUT2D eigenvalue weighted by Gasteiger charge is -2.14. The molecule has 116 valence electrons. The van der Waals surface area contributed by atoms with E-state index in [1.165, 1.54) is 11.4 Å². The van der Waals surface area contributed by atoms with Gasteiger partial charge >= 0.3 is 0 Å². The molecular formula is C16H27N5. The maximum atomic E-state index is 4.62. The van der Waals surface area contributed by atoms with Gasteiger partial charge in [-0.3, -0.25) is 9.36 Å². The number of nitrogens with zero attached hydrogens (tertiary/aromatic N) is 4. The lowest BCUT2D eigenvalue weighted by Crippen LogP contribution is -2.13. The first-order valence-electron chi connectivity index (χ1n) is 7.82. The first-order valence-corrected chi connectivity index (χ1v) is 7.82. The maximum absolute atomic E-state index is 4.62. The van der Waals surface area contributed by atoms with Gasteiger partial charge in [0.25, 0.3) is 0 Å². The summed E-state index contributed by atoms with van der Waals surface area (Å²) in [7, 11) is 0. The summed E-state index contributed by atoms with van der Waals surface area (Å²) in [6.45, 7) is 12.6. The zero-order chi connectivity index (χ0) is 15.4. The standard InChI is InChI=1S/C16H27N5/c1-6-13(4)21-15(7-8-18-21)10-17-16-9-14(5)20(19-16)11-12(2)3/h7-9,12-13H,6,10-11H2,1-5H3,(H,17,19)/t13-/m1/s1. The molecule has 21 heavy (non-hydrogen) atoms. The molecule has 0 aliphatic carbocycles. The molecule has 2 aromatic heterocycles. The van der Waals surface area contributed by atoms with Gasteiger partial charge in [0, 0.05) is 30.5 Å². The fourth-order valence-electron chi connectivity index (χ4n) is 2.36. The van der Waals surface area contributed by atoms with Crippen LogP contribution in [0.5, 0.6) is 0 Å². The van der Waals surface area contributed by atoms with Crippen LogP contribution in [0.4, 0.5) is 5.82 Å². The average Bonchev–Trinajstić information content (AvgIpc) is 3.02. The Balaban J connectivity index is 2.02. The van der Waals surface area contributed by atoms with Crippen LogP contribution in [0.15, 0.2) is 18.3 Å². The summed E-state index contributed by atoms with van der Waals surface area (Å²) >= 11 is 0. The van der Waals surface area contributed by atoms with E-state index in [1.54, 1.807) is 0 Å². The lowest BCUT2D eigenvalue weighted by molar-refractivity contribution is 0.462. The molecular weight excluding hydrogens is 262 g/mol. The molecule has 2 rings (SSSR count). The molecule has 2 heterocycles. The quantitative estimate of drug-likeness (QED) is 0.846. The summed E-state index contributed by atoms with van der Waals surface area (Å²) in [6, 6.07) is 4.60. The van der Waals surface area contributed by atoms with Gasteiger partial charge in [0.05, 0.1) is 12.2 Å². The van der Waals surface area contributed by atoms with Crippen molar-refractivity contribution in [2.24, 2.45) is 5.92 Å². The Morgan fingerprint density at radius 1 is 1.29 bits per heavy atom. The third kappa shape index (κ3) is 3.86. The fraction of sp³-hybridized carbons (Fsp3) is 0.625. The van der Waals surface area contributed by atoms with Crippen LogP contribution in [0.2, 0.25) is 0 Å². The molecule has 5 nitrogen and oxygen atoms in total. The molecule has 0 aliphatic rings. The highest BCUT2D eigenvalue weighted by molar-refractivity contribution is 5.36. The molecule has 0 aromatic carbocycles. The molecule has 0 radical (unpaired) electrons. The summed E-state index contributed by atoms with van der Waals surface area (Å²) in [5.41, 5.74) is 2.39. The van der Waals surface area contributed by atoms with E-state index in [0.29, 0.717) is 12.0 Å². The normalized spacial score (nSPS) is 12.9. The second kappa shape index (κ2) is 6.78. The van der Waals surface area contributed by atoms with Crippen LogP contribution in [0, 0.1) is 12.8 Å². The Hall–Kier alpha value is -1.78. The van der Waals surface area contributed by atoms with Crippen LogP contribution in [-0.4, -0.2) is 19.6 Å². The van der Waals surface area contributed by atoms with E-state index in [2.05, 4.69) is 71.6 Å². The highest BCUT2D eigenvalue weighted by Crippen LogP contribution is 2.15. The molecule has 0 fully saturated rings. The SMILES string of the molecule is CC[C@@H](C)n1nccc1CNc1cc(C)n(CC(C)C)n1. The van der Waals surface area contributed by atoms with E-state index in [1.807, 2.05) is 6.20 Å². The smallest absolute Gasteiger partial charge is 0.148 e. The van der Waals surface area contributed by atoms with Crippen LogP contribution in [0.1, 0.15) is 51.5 Å². The number of aryl methyl sites for hydroxylation is 1. The van der Waals surface area contributed by atoms with Gasteiger partial charge in [0.15, 0.2) is 0 Å². The largest absolute Gasteiger partial charge is 0.363 e. The van der Waals surface area contributed by atoms with Gasteiger partial charge < -0.3 is 5.32 Å². The number of rotatable bonds is 7. The van der Waals surface area contributed by atoms with Crippen LogP contribution < -0.4 is 5.32 Å². The highest BCUT2D eigenvalue weighted by Gasteiger charge is 2.10. The summed E-state index contributed by atoms with van der Waals surface area (Å²) in [6.07, 6.45) is 2.95. The van der Waals surface area contributed by atoms with Gasteiger partial charge in [-0.2, -0.15) is 10.2 Å². The van der Waals surface area contributed by atoms with Crippen molar-refractivity contribution in [2.75, 3.05) is 5.32 Å². The van der Waals surface area contributed by atoms with Crippen molar-refractivity contribution < 1.29 is 0 Å². The number of hydrogen-bond donors (Lipinski definition) is 1. The van der Waals surface area contributed by atoms with E-state index in [-0.39, 0.29) is 0 Å². The van der Waals surface area contributed by atoms with Gasteiger partial charge in [-0.05, 0) is 32.3 Å². The number of hydrogen-bond acceptors (Lipinski definition) is 3. The Kier molecular flexibility index (Phi) is 5.04. The second-order valence-electron chi connectivity index (χ2n) is 6.12. The third-order valence-electron chi connectivity index (χ3n) is 3.73. The van der Waals surface area contributed by atoms with Crippen molar-refractivity contribution in [3.8, 4) is 0 Å². The minimum absolute atomic E-state index is 0.428. The summed E-state index contributed by atoms with van der Waals surface area (Å²) in [5, 5.41) is 12.4. The molecule has 0 amide bonds. The van der Waals surface area contributed by atoms with Crippen molar-refractivity contribution in [3.05, 3.63) is 29.7 Å². The molecule has 0 aliphatic heterocycles. The molecule has 0 saturated heterocycles. The predicted octanol–water partition coefficient (Wildman–Crippen LogP) is 3.63. The Labute approximate surface area is 127 Å². The minimum Gasteiger partial charge on any atom is -0.363 e. The summed E-state index contributed by atoms with van der Waals surface area (Å²) in [4.78, 5) is 0. The monoisotopic (exact) mass is 289 g/mol. The molecule has 0 unspecified atom stereocenters. The summed E-state index contributed by atoms with van der Waals surface area (Å²) < 4.78 is 4.16. The van der Waals surface area contributed by atoms with Gasteiger partial charge in [-0.1, -0.05) is 20.8 Å². The van der Waals surface area contributed by atoms with Crippen molar-refractivity contribution >= 4 is 5.82 Å². The molecule has 1 N–H and O–H groups in total. The van der Waals surface area contributed by atoms with Crippen molar-refractivity contribution in [3.63, 3.8) is 0 Å². The highest BCUT2D eigenvalue weighted by atomic mass is 15.3. The van der Waals surface area contributed by atoms with Crippen LogP contribution in [-0.2, 0) is 13.1 Å². The first-order chi connectivity index (χ1) is 10.0. The topological polar surface area (TPSA) is 47.7 Å². The van der Waals surface area contributed by atoms with E-state index in [9.17, 15) is 0 Å². The van der Waals surface area contributed by atoms with Gasteiger partial charge in [-0.15, -0.1) is 0 Å². The second-order valence-corrected chi connectivity index (χ2v) is 6.12. The molecule has 0 bridgehead atoms. The third-order valence-corrected chi connectivity index (χ3v) is 3.73. The Morgan fingerprint density at radius 3 is 2.71 bits per heavy atom. The van der Waals surface area contributed by atoms with E-state index < -0.39 is 0 Å². The van der Waals surface area contributed by atoms with E-state index in [0.717, 1.165) is 25.3 Å². The predicted molar refractivity (Wildman–Crippen MR) is 86.4 cm³/mol. The van der Waals surface area contributed by atoms with Crippen molar-refractivity contribution in [2.45, 2.75) is 60.2 Å². The van der Waals surface area contributed by atoms with E-state index in [4.69, 9.17) is 0 Å². The zero-order valence-corrected chi connectivity index (χ0v) is 13.8. The zero-order valence-electron chi connectivity index (χ0n) is 13.8. The number of nitrogens with one attached hydrogen (secondary N) is 1. The van der Waals surface area contributed by atoms with Crippen molar-refractivity contribution in [1.82, 2.24) is 19.6 Å². The first kappa shape index (κ1) is 15.6. The Bertz CT molecular complexity index is 567. The van der Waals surface area contributed by atoms with Gasteiger partial charge in [0.2, 0.25) is 0 Å². The Morgan fingerprint density at radius 2 is 2.05 bits per heavy atom.